The summed E-state index contributed by atoms with van der Waals surface area (Å²) in [5.41, 5.74) is 0.472. The molecule has 0 aliphatic carbocycles. The summed E-state index contributed by atoms with van der Waals surface area (Å²) in [4.78, 5) is 23.8. The van der Waals surface area contributed by atoms with Gasteiger partial charge in [0.2, 0.25) is 10.0 Å². The van der Waals surface area contributed by atoms with Crippen molar-refractivity contribution in [1.82, 2.24) is 0 Å². The third kappa shape index (κ3) is 5.25. The number of hydrogen-bond acceptors (Lipinski definition) is 5. The summed E-state index contributed by atoms with van der Waals surface area (Å²) in [5.74, 6) is -2.13. The minimum absolute atomic E-state index is 0.149. The van der Waals surface area contributed by atoms with E-state index in [0.29, 0.717) is 5.56 Å². The van der Waals surface area contributed by atoms with Gasteiger partial charge in [-0.05, 0) is 49.7 Å². The molecule has 1 unspecified atom stereocenters. The molecule has 7 nitrogen and oxygen atoms in total. The number of nitrogens with one attached hydrogen (secondary N) is 1. The Hall–Kier alpha value is -2.49. The summed E-state index contributed by atoms with van der Waals surface area (Å²) in [6.45, 7) is 2.89. The van der Waals surface area contributed by atoms with Crippen LogP contribution >= 0.6 is 11.6 Å². The number of primary sulfonamides is 1. The van der Waals surface area contributed by atoms with Crippen molar-refractivity contribution < 1.29 is 27.1 Å². The number of carbonyl (C=O) groups is 2. The number of rotatable bonds is 5. The second kappa shape index (κ2) is 8.03. The molecule has 144 valence electrons. The SMILES string of the molecule is Cc1ccc(NC(=O)C(C)OC(=O)c2ccc(Cl)c(S(N)(=O)=O)c2)cc1F. The molecule has 0 spiro atoms. The molecule has 0 fully saturated rings. The van der Waals surface area contributed by atoms with E-state index in [1.54, 1.807) is 6.92 Å². The molecule has 0 saturated heterocycles. The van der Waals surface area contributed by atoms with Gasteiger partial charge in [-0.1, -0.05) is 17.7 Å². The van der Waals surface area contributed by atoms with E-state index >= 15 is 0 Å². The lowest BCUT2D eigenvalue weighted by Gasteiger charge is -2.14. The predicted octanol–water partition coefficient (Wildman–Crippen LogP) is 2.62. The average Bonchev–Trinajstić information content (AvgIpc) is 2.57. The van der Waals surface area contributed by atoms with Crippen molar-refractivity contribution in [1.29, 1.82) is 0 Å². The molecule has 0 saturated carbocycles. The van der Waals surface area contributed by atoms with Crippen LogP contribution in [0, 0.1) is 12.7 Å². The number of aryl methyl sites for hydroxylation is 1. The van der Waals surface area contributed by atoms with Crippen LogP contribution in [0.25, 0.3) is 0 Å². The minimum Gasteiger partial charge on any atom is -0.449 e. The molecule has 2 aromatic rings. The first-order valence-corrected chi connectivity index (χ1v) is 9.52. The summed E-state index contributed by atoms with van der Waals surface area (Å²) >= 11 is 5.75. The Balaban J connectivity index is 2.10. The lowest BCUT2D eigenvalue weighted by atomic mass is 10.2. The minimum atomic E-state index is -4.14. The van der Waals surface area contributed by atoms with Crippen LogP contribution in [0.15, 0.2) is 41.3 Å². The second-order valence-corrected chi connectivity index (χ2v) is 7.63. The topological polar surface area (TPSA) is 116 Å². The lowest BCUT2D eigenvalue weighted by molar-refractivity contribution is -0.123. The van der Waals surface area contributed by atoms with Crippen LogP contribution in [0.2, 0.25) is 5.02 Å². The van der Waals surface area contributed by atoms with Crippen molar-refractivity contribution in [3.05, 3.63) is 58.4 Å². The molecule has 0 radical (unpaired) electrons. The number of amides is 1. The van der Waals surface area contributed by atoms with Gasteiger partial charge >= 0.3 is 5.97 Å². The zero-order valence-electron chi connectivity index (χ0n) is 14.3. The maximum Gasteiger partial charge on any atom is 0.338 e. The maximum atomic E-state index is 13.5. The van der Waals surface area contributed by atoms with E-state index in [1.807, 2.05) is 0 Å². The van der Waals surface area contributed by atoms with Gasteiger partial charge in [0.25, 0.3) is 5.91 Å². The number of benzene rings is 2. The average molecular weight is 415 g/mol. The Labute approximate surface area is 160 Å². The Kier molecular flexibility index (Phi) is 6.19. The first-order chi connectivity index (χ1) is 12.5. The van der Waals surface area contributed by atoms with E-state index in [2.05, 4.69) is 5.32 Å². The van der Waals surface area contributed by atoms with Crippen LogP contribution in [0.4, 0.5) is 10.1 Å². The highest BCUT2D eigenvalue weighted by Gasteiger charge is 2.22. The van der Waals surface area contributed by atoms with Crippen LogP contribution in [0.5, 0.6) is 0 Å². The Morgan fingerprint density at radius 1 is 1.22 bits per heavy atom. The van der Waals surface area contributed by atoms with Gasteiger partial charge < -0.3 is 10.1 Å². The summed E-state index contributed by atoms with van der Waals surface area (Å²) in [6.07, 6.45) is -1.23. The van der Waals surface area contributed by atoms with Crippen LogP contribution in [0.1, 0.15) is 22.8 Å². The van der Waals surface area contributed by atoms with Crippen molar-refractivity contribution >= 4 is 39.2 Å². The van der Waals surface area contributed by atoms with E-state index < -0.39 is 38.7 Å². The molecule has 2 rings (SSSR count). The van der Waals surface area contributed by atoms with Crippen molar-refractivity contribution in [2.45, 2.75) is 24.8 Å². The quantitative estimate of drug-likeness (QED) is 0.729. The number of ether oxygens (including phenoxy) is 1. The number of sulfonamides is 1. The molecule has 1 amide bonds. The van der Waals surface area contributed by atoms with Gasteiger partial charge in [0.05, 0.1) is 10.6 Å². The van der Waals surface area contributed by atoms with Gasteiger partial charge in [-0.2, -0.15) is 0 Å². The second-order valence-electron chi connectivity index (χ2n) is 5.69. The highest BCUT2D eigenvalue weighted by Crippen LogP contribution is 2.22. The molecule has 0 bridgehead atoms. The fraction of sp³-hybridized carbons (Fsp3) is 0.176. The molecule has 1 atom stereocenters. The normalized spacial score (nSPS) is 12.3. The number of esters is 1. The van der Waals surface area contributed by atoms with E-state index in [-0.39, 0.29) is 16.3 Å². The van der Waals surface area contributed by atoms with E-state index in [1.165, 1.54) is 31.2 Å². The maximum absolute atomic E-state index is 13.5. The lowest BCUT2D eigenvalue weighted by Crippen LogP contribution is -2.30. The summed E-state index contributed by atoms with van der Waals surface area (Å²) in [7, 11) is -4.14. The molecular formula is C17H16ClFN2O5S. The number of carbonyl (C=O) groups excluding carboxylic acids is 2. The molecule has 0 heterocycles. The third-order valence-electron chi connectivity index (χ3n) is 3.57. The number of nitrogens with two attached hydrogens (primary N) is 1. The summed E-state index contributed by atoms with van der Waals surface area (Å²) in [5, 5.41) is 7.29. The molecule has 27 heavy (non-hydrogen) atoms. The highest BCUT2D eigenvalue weighted by atomic mass is 35.5. The van der Waals surface area contributed by atoms with Crippen molar-refractivity contribution in [2.24, 2.45) is 5.14 Å². The van der Waals surface area contributed by atoms with E-state index in [0.717, 1.165) is 12.1 Å². The Bertz CT molecular complexity index is 1010. The predicted molar refractivity (Wildman–Crippen MR) is 97.5 cm³/mol. The van der Waals surface area contributed by atoms with Gasteiger partial charge in [0.1, 0.15) is 10.7 Å². The summed E-state index contributed by atoms with van der Waals surface area (Å²) < 4.78 is 41.5. The molecule has 0 aliphatic rings. The number of anilines is 1. The largest absolute Gasteiger partial charge is 0.449 e. The summed E-state index contributed by atoms with van der Waals surface area (Å²) in [6, 6.07) is 7.50. The molecule has 10 heteroatoms. The van der Waals surface area contributed by atoms with E-state index in [4.69, 9.17) is 21.5 Å². The number of hydrogen-bond donors (Lipinski definition) is 2. The first kappa shape index (κ1) is 20.8. The zero-order chi connectivity index (χ0) is 20.4. The first-order valence-electron chi connectivity index (χ1n) is 7.59. The Morgan fingerprint density at radius 2 is 1.89 bits per heavy atom. The monoisotopic (exact) mass is 414 g/mol. The van der Waals surface area contributed by atoms with Gasteiger partial charge in [-0.25, -0.2) is 22.7 Å². The van der Waals surface area contributed by atoms with Crippen molar-refractivity contribution in [3.8, 4) is 0 Å². The van der Waals surface area contributed by atoms with Gasteiger partial charge in [0.15, 0.2) is 6.10 Å². The molecular weight excluding hydrogens is 399 g/mol. The Morgan fingerprint density at radius 3 is 2.48 bits per heavy atom. The fourth-order valence-corrected chi connectivity index (χ4v) is 3.12. The standard InChI is InChI=1S/C17H16ClFN2O5S/c1-9-3-5-12(8-14(9)19)21-16(22)10(2)26-17(23)11-4-6-13(18)15(7-11)27(20,24)25/h3-8,10H,1-2H3,(H,21,22)(H2,20,24,25). The van der Waals surface area contributed by atoms with Gasteiger partial charge in [0, 0.05) is 5.69 Å². The molecule has 2 aromatic carbocycles. The van der Waals surface area contributed by atoms with Crippen molar-refractivity contribution in [2.75, 3.05) is 5.32 Å². The van der Waals surface area contributed by atoms with Crippen LogP contribution < -0.4 is 10.5 Å². The molecule has 0 aromatic heterocycles. The highest BCUT2D eigenvalue weighted by molar-refractivity contribution is 7.89. The van der Waals surface area contributed by atoms with Crippen LogP contribution in [-0.2, 0) is 19.6 Å². The molecule has 0 aliphatic heterocycles. The van der Waals surface area contributed by atoms with Crippen LogP contribution in [0.3, 0.4) is 0 Å². The fourth-order valence-electron chi connectivity index (χ4n) is 2.04. The van der Waals surface area contributed by atoms with Crippen molar-refractivity contribution in [3.63, 3.8) is 0 Å². The van der Waals surface area contributed by atoms with Gasteiger partial charge in [-0.3, -0.25) is 4.79 Å². The van der Waals surface area contributed by atoms with Crippen LogP contribution in [-0.4, -0.2) is 26.4 Å². The number of halogens is 2. The smallest absolute Gasteiger partial charge is 0.338 e. The molecule has 3 N–H and O–H groups in total. The van der Waals surface area contributed by atoms with Gasteiger partial charge in [-0.15, -0.1) is 0 Å². The third-order valence-corrected chi connectivity index (χ3v) is 4.96. The van der Waals surface area contributed by atoms with E-state index in [9.17, 15) is 22.4 Å². The zero-order valence-corrected chi connectivity index (χ0v) is 15.9.